The number of hydrogen-bond acceptors (Lipinski definition) is 14. The Hall–Kier alpha value is -3.67. The molecule has 4 fully saturated rings. The molecule has 16 nitrogen and oxygen atoms in total. The van der Waals surface area contributed by atoms with Gasteiger partial charge < -0.3 is 34.7 Å². The van der Waals surface area contributed by atoms with Crippen LogP contribution >= 0.6 is 31.9 Å². The van der Waals surface area contributed by atoms with Crippen molar-refractivity contribution in [3.63, 3.8) is 0 Å². The molecule has 9 rings (SSSR count). The first kappa shape index (κ1) is 49.7. The van der Waals surface area contributed by atoms with Gasteiger partial charge in [-0.25, -0.2) is 4.98 Å². The third-order valence-electron chi connectivity index (χ3n) is 9.67. The topological polar surface area (TPSA) is 209 Å². The SMILES string of the molecule is C.C.COC1=NCC2(COC2)C1.COS(=O)(=O)C(F)(F)F.Nc1cc(Br)ccc1OC=O.O=C1CC2(CN1)COC2.O=c1c2ccc(Br)cc2nc2n1CC1(COC1)C2. The molecule has 6 aliphatic rings. The molecule has 0 unspecified atom stereocenters. The average Bonchev–Trinajstić information content (AvgIpc) is 3.86. The van der Waals surface area contributed by atoms with E-state index in [4.69, 9.17) is 24.7 Å². The van der Waals surface area contributed by atoms with Gasteiger partial charge in [-0.15, -0.1) is 0 Å². The minimum Gasteiger partial charge on any atom is -0.484 e. The molecule has 3 aromatic rings. The van der Waals surface area contributed by atoms with Gasteiger partial charge in [0.1, 0.15) is 5.82 Å². The maximum absolute atomic E-state index is 12.4. The summed E-state index contributed by atoms with van der Waals surface area (Å²) in [4.78, 5) is 41.9. The van der Waals surface area contributed by atoms with Gasteiger partial charge in [0.15, 0.2) is 11.6 Å². The van der Waals surface area contributed by atoms with Crippen LogP contribution in [0.2, 0.25) is 0 Å². The van der Waals surface area contributed by atoms with E-state index >= 15 is 0 Å². The van der Waals surface area contributed by atoms with E-state index in [1.54, 1.807) is 25.3 Å². The lowest BCUT2D eigenvalue weighted by Gasteiger charge is -2.36. The molecular formula is C37H48Br2F3N5O11S. The number of hydrogen-bond donors (Lipinski definition) is 2. The molecule has 3 spiro atoms. The summed E-state index contributed by atoms with van der Waals surface area (Å²) in [5.41, 5.74) is 2.15. The van der Waals surface area contributed by atoms with Gasteiger partial charge in [0, 0.05) is 57.5 Å². The van der Waals surface area contributed by atoms with Crippen LogP contribution in [0, 0.1) is 16.2 Å². The zero-order valence-electron chi connectivity index (χ0n) is 30.7. The van der Waals surface area contributed by atoms with Crippen molar-refractivity contribution in [2.24, 2.45) is 21.2 Å². The number of nitrogen functional groups attached to an aromatic ring is 1. The molecule has 0 aliphatic carbocycles. The van der Waals surface area contributed by atoms with Gasteiger partial charge in [0.2, 0.25) is 5.91 Å². The number of aromatic nitrogens is 2. The van der Waals surface area contributed by atoms with Crippen LogP contribution in [0.5, 0.6) is 5.75 Å². The second kappa shape index (κ2) is 20.3. The molecule has 59 heavy (non-hydrogen) atoms. The van der Waals surface area contributed by atoms with Crippen LogP contribution in [0.15, 0.2) is 55.1 Å². The molecule has 0 bridgehead atoms. The Labute approximate surface area is 356 Å². The zero-order chi connectivity index (χ0) is 41.6. The number of halogens is 5. The number of anilines is 1. The largest absolute Gasteiger partial charge is 0.523 e. The first-order valence-corrected chi connectivity index (χ1v) is 20.2. The Morgan fingerprint density at radius 3 is 1.90 bits per heavy atom. The third kappa shape index (κ3) is 12.0. The van der Waals surface area contributed by atoms with Gasteiger partial charge in [-0.05, 0) is 36.4 Å². The predicted molar refractivity (Wildman–Crippen MR) is 219 cm³/mol. The molecule has 1 amide bonds. The number of nitrogens with one attached hydrogen (secondary N) is 1. The van der Waals surface area contributed by atoms with Crippen molar-refractivity contribution in [1.82, 2.24) is 14.9 Å². The molecule has 4 saturated heterocycles. The lowest BCUT2D eigenvalue weighted by atomic mass is 9.85. The number of fused-ring (bicyclic) bond motifs is 2. The number of rotatable bonds is 3. The number of amides is 1. The quantitative estimate of drug-likeness (QED) is 0.153. The van der Waals surface area contributed by atoms with Crippen LogP contribution in [-0.4, -0.2) is 109 Å². The molecular weight excluding hydrogens is 939 g/mol. The molecule has 328 valence electrons. The van der Waals surface area contributed by atoms with Gasteiger partial charge in [0.05, 0.1) is 77.0 Å². The fraction of sp³-hybridized carbons (Fsp3) is 0.541. The number of aliphatic imine (C=N–C) groups is 1. The molecule has 0 radical (unpaired) electrons. The maximum atomic E-state index is 12.4. The Balaban J connectivity index is 0.000000202. The fourth-order valence-corrected chi connectivity index (χ4v) is 7.29. The molecule has 6 aliphatic heterocycles. The normalized spacial score (nSPS) is 19.2. The summed E-state index contributed by atoms with van der Waals surface area (Å²) in [5, 5.41) is 3.49. The smallest absolute Gasteiger partial charge is 0.484 e. The standard InChI is InChI=1S/C13H11BrN2O2.C7H6BrNO2.C7H11NO2.C6H9NO2.C2H3F3O3S.2CH4/c14-8-1-2-9-10(3-8)15-11-4-13(6-18-7-13)5-16(11)12(9)17;8-5-1-2-7(11-4-10)6(9)3-5;1-9-6-2-7(3-8-6)4-10-5-7;8-5-1-6(2-7-5)3-9-4-6;1-8-9(6,7)2(3,4)5;;/h1-3H,4-7H2;1-4H,9H2;2-5H2,1H3;1-4H2,(H,7,8);1H3;2*1H4. The third-order valence-corrected chi connectivity index (χ3v) is 11.7. The van der Waals surface area contributed by atoms with E-state index in [0.717, 1.165) is 98.3 Å². The number of alkyl halides is 3. The van der Waals surface area contributed by atoms with Crippen LogP contribution in [-0.2, 0) is 55.8 Å². The molecule has 1 aromatic heterocycles. The molecule has 2 aromatic carbocycles. The van der Waals surface area contributed by atoms with Crippen molar-refractivity contribution in [2.45, 2.75) is 46.2 Å². The highest BCUT2D eigenvalue weighted by molar-refractivity contribution is 9.10. The van der Waals surface area contributed by atoms with Crippen molar-refractivity contribution >= 4 is 76.8 Å². The van der Waals surface area contributed by atoms with E-state index in [0.29, 0.717) is 42.2 Å². The molecule has 7 heterocycles. The van der Waals surface area contributed by atoms with Crippen LogP contribution in [0.25, 0.3) is 10.9 Å². The number of ether oxygens (including phenoxy) is 5. The second-order valence-electron chi connectivity index (χ2n) is 14.2. The number of nitrogens with two attached hydrogens (primary N) is 1. The van der Waals surface area contributed by atoms with E-state index in [-0.39, 0.29) is 37.1 Å². The second-order valence-corrected chi connectivity index (χ2v) is 17.8. The first-order valence-electron chi connectivity index (χ1n) is 17.2. The predicted octanol–water partition coefficient (Wildman–Crippen LogP) is 5.03. The van der Waals surface area contributed by atoms with Gasteiger partial charge >= 0.3 is 15.6 Å². The summed E-state index contributed by atoms with van der Waals surface area (Å²) in [5.74, 6) is 2.35. The number of nitrogens with zero attached hydrogens (tertiary/aromatic N) is 3. The van der Waals surface area contributed by atoms with Gasteiger partial charge in [0.25, 0.3) is 12.0 Å². The summed E-state index contributed by atoms with van der Waals surface area (Å²) in [6.45, 7) is 7.58. The van der Waals surface area contributed by atoms with Gasteiger partial charge in [-0.1, -0.05) is 46.7 Å². The van der Waals surface area contributed by atoms with Crippen molar-refractivity contribution in [2.75, 3.05) is 72.7 Å². The van der Waals surface area contributed by atoms with Crippen LogP contribution in [0.4, 0.5) is 18.9 Å². The summed E-state index contributed by atoms with van der Waals surface area (Å²) in [6.07, 6.45) is 2.50. The van der Waals surface area contributed by atoms with E-state index in [1.165, 1.54) is 0 Å². The summed E-state index contributed by atoms with van der Waals surface area (Å²) in [6, 6.07) is 10.7. The average molecular weight is 988 g/mol. The highest BCUT2D eigenvalue weighted by atomic mass is 79.9. The van der Waals surface area contributed by atoms with Crippen molar-refractivity contribution in [3.05, 3.63) is 61.5 Å². The fourth-order valence-electron chi connectivity index (χ4n) is 6.38. The number of carbonyl (C=O) groups is 2. The van der Waals surface area contributed by atoms with Gasteiger partial charge in [-0.2, -0.15) is 21.6 Å². The minimum absolute atomic E-state index is 0. The molecule has 22 heteroatoms. The Bertz CT molecular complexity index is 2160. The summed E-state index contributed by atoms with van der Waals surface area (Å²) in [7, 11) is -3.21. The maximum Gasteiger partial charge on any atom is 0.523 e. The van der Waals surface area contributed by atoms with Crippen LogP contribution < -0.4 is 21.3 Å². The van der Waals surface area contributed by atoms with Crippen molar-refractivity contribution in [1.29, 1.82) is 0 Å². The first-order chi connectivity index (χ1) is 26.9. The lowest BCUT2D eigenvalue weighted by molar-refractivity contribution is -0.126. The number of carbonyl (C=O) groups excluding carboxylic acids is 2. The highest BCUT2D eigenvalue weighted by Crippen LogP contribution is 2.38. The summed E-state index contributed by atoms with van der Waals surface area (Å²) >= 11 is 6.64. The monoisotopic (exact) mass is 985 g/mol. The molecule has 3 N–H and O–H groups in total. The Morgan fingerprint density at radius 2 is 1.49 bits per heavy atom. The van der Waals surface area contributed by atoms with Crippen molar-refractivity contribution in [3.8, 4) is 5.75 Å². The number of methoxy groups -OCH3 is 1. The van der Waals surface area contributed by atoms with E-state index < -0.39 is 15.6 Å². The lowest BCUT2D eigenvalue weighted by Crippen LogP contribution is -2.44. The Morgan fingerprint density at radius 1 is 0.898 bits per heavy atom. The molecule has 0 saturated carbocycles. The molecule has 0 atom stereocenters. The van der Waals surface area contributed by atoms with E-state index in [9.17, 15) is 36.0 Å². The van der Waals surface area contributed by atoms with Crippen LogP contribution in [0.3, 0.4) is 0 Å². The Kier molecular flexibility index (Phi) is 17.1. The zero-order valence-corrected chi connectivity index (χ0v) is 34.7. The van der Waals surface area contributed by atoms with Crippen LogP contribution in [0.1, 0.15) is 33.5 Å². The van der Waals surface area contributed by atoms with E-state index in [1.807, 2.05) is 22.8 Å². The number of benzene rings is 2. The minimum atomic E-state index is -5.34. The highest BCUT2D eigenvalue weighted by Gasteiger charge is 2.47. The van der Waals surface area contributed by atoms with Crippen molar-refractivity contribution < 1.29 is 59.0 Å². The van der Waals surface area contributed by atoms with Gasteiger partial charge in [-0.3, -0.25) is 28.1 Å². The summed E-state index contributed by atoms with van der Waals surface area (Å²) < 4.78 is 84.5. The van der Waals surface area contributed by atoms with E-state index in [2.05, 4.69) is 56.1 Å².